The van der Waals surface area contributed by atoms with Gasteiger partial charge in [0.25, 0.3) is 5.69 Å². The SMILES string of the molecule is O=C1CCC(Nc2cc(F)c(C(=O)O)cc2[N+](=O)[O-])CN1. The number of amides is 1. The van der Waals surface area contributed by atoms with Crippen LogP contribution in [0.1, 0.15) is 23.2 Å². The molecule has 1 heterocycles. The van der Waals surface area contributed by atoms with Crippen LogP contribution in [0, 0.1) is 15.9 Å². The van der Waals surface area contributed by atoms with Gasteiger partial charge in [-0.25, -0.2) is 9.18 Å². The number of nitro groups is 1. The Hall–Kier alpha value is -2.71. The van der Waals surface area contributed by atoms with E-state index in [2.05, 4.69) is 10.6 Å². The average Bonchev–Trinajstić information content (AvgIpc) is 2.40. The van der Waals surface area contributed by atoms with Crippen LogP contribution in [-0.4, -0.2) is 34.5 Å². The van der Waals surface area contributed by atoms with Crippen molar-refractivity contribution in [3.63, 3.8) is 0 Å². The fourth-order valence-electron chi connectivity index (χ4n) is 2.07. The minimum Gasteiger partial charge on any atom is -0.478 e. The van der Waals surface area contributed by atoms with Crippen LogP contribution in [-0.2, 0) is 4.79 Å². The lowest BCUT2D eigenvalue weighted by molar-refractivity contribution is -0.384. The average molecular weight is 297 g/mol. The van der Waals surface area contributed by atoms with Crippen LogP contribution in [0.3, 0.4) is 0 Å². The van der Waals surface area contributed by atoms with E-state index in [1.54, 1.807) is 0 Å². The Bertz CT molecular complexity index is 609. The minimum atomic E-state index is -1.58. The van der Waals surface area contributed by atoms with Gasteiger partial charge in [0, 0.05) is 31.1 Å². The van der Waals surface area contributed by atoms with Crippen molar-refractivity contribution in [1.82, 2.24) is 5.32 Å². The monoisotopic (exact) mass is 297 g/mol. The lowest BCUT2D eigenvalue weighted by atomic mass is 10.1. The molecule has 1 aromatic rings. The van der Waals surface area contributed by atoms with Gasteiger partial charge in [-0.05, 0) is 6.42 Å². The molecule has 3 N–H and O–H groups in total. The maximum absolute atomic E-state index is 13.6. The molecule has 0 saturated carbocycles. The van der Waals surface area contributed by atoms with Gasteiger partial charge in [0.1, 0.15) is 17.1 Å². The van der Waals surface area contributed by atoms with Crippen molar-refractivity contribution >= 4 is 23.3 Å². The summed E-state index contributed by atoms with van der Waals surface area (Å²) in [4.78, 5) is 32.0. The molecule has 8 nitrogen and oxygen atoms in total. The molecule has 0 spiro atoms. The standard InChI is InChI=1S/C12H12FN3O5/c13-8-4-9(15-6-1-2-11(17)14-5-6)10(16(20)21)3-7(8)12(18)19/h3-4,6,15H,1-2,5H2,(H,14,17)(H,18,19). The second kappa shape index (κ2) is 5.73. The summed E-state index contributed by atoms with van der Waals surface area (Å²) >= 11 is 0. The summed E-state index contributed by atoms with van der Waals surface area (Å²) in [5.74, 6) is -2.75. The van der Waals surface area contributed by atoms with Crippen LogP contribution in [0.15, 0.2) is 12.1 Å². The van der Waals surface area contributed by atoms with Gasteiger partial charge in [-0.2, -0.15) is 0 Å². The zero-order valence-corrected chi connectivity index (χ0v) is 10.8. The Morgan fingerprint density at radius 2 is 2.24 bits per heavy atom. The first-order valence-corrected chi connectivity index (χ1v) is 6.13. The van der Waals surface area contributed by atoms with E-state index in [-0.39, 0.29) is 30.6 Å². The molecule has 2 rings (SSSR count). The Balaban J connectivity index is 2.29. The number of aromatic carboxylic acids is 1. The number of hydrogen-bond acceptors (Lipinski definition) is 5. The van der Waals surface area contributed by atoms with Crippen molar-refractivity contribution in [2.75, 3.05) is 11.9 Å². The first kappa shape index (κ1) is 14.7. The number of anilines is 1. The highest BCUT2D eigenvalue weighted by Gasteiger charge is 2.25. The molecule has 9 heteroatoms. The maximum Gasteiger partial charge on any atom is 0.338 e. The highest BCUT2D eigenvalue weighted by molar-refractivity contribution is 5.90. The molecule has 1 amide bonds. The third-order valence-corrected chi connectivity index (χ3v) is 3.14. The number of piperidine rings is 1. The molecular formula is C12H12FN3O5. The summed E-state index contributed by atoms with van der Waals surface area (Å²) in [6.07, 6.45) is 0.715. The Morgan fingerprint density at radius 3 is 2.76 bits per heavy atom. The van der Waals surface area contributed by atoms with Crippen molar-refractivity contribution in [2.24, 2.45) is 0 Å². The molecule has 1 fully saturated rings. The lowest BCUT2D eigenvalue weighted by Gasteiger charge is -2.24. The van der Waals surface area contributed by atoms with E-state index in [1.165, 1.54) is 0 Å². The molecule has 21 heavy (non-hydrogen) atoms. The quantitative estimate of drug-likeness (QED) is 0.565. The Kier molecular flexibility index (Phi) is 4.01. The number of carboxylic acids is 1. The third-order valence-electron chi connectivity index (χ3n) is 3.14. The van der Waals surface area contributed by atoms with Gasteiger partial charge in [-0.15, -0.1) is 0 Å². The molecule has 0 bridgehead atoms. The van der Waals surface area contributed by atoms with Crippen molar-refractivity contribution in [1.29, 1.82) is 0 Å². The van der Waals surface area contributed by atoms with Crippen LogP contribution in [0.4, 0.5) is 15.8 Å². The van der Waals surface area contributed by atoms with E-state index in [9.17, 15) is 24.1 Å². The van der Waals surface area contributed by atoms with Crippen molar-refractivity contribution in [2.45, 2.75) is 18.9 Å². The number of carboxylic acid groups (broad SMARTS) is 1. The predicted octanol–water partition coefficient (Wildman–Crippen LogP) is 1.12. The molecule has 1 aromatic carbocycles. The number of carbonyl (C=O) groups excluding carboxylic acids is 1. The fourth-order valence-corrected chi connectivity index (χ4v) is 2.07. The normalized spacial score (nSPS) is 18.0. The molecular weight excluding hydrogens is 285 g/mol. The summed E-state index contributed by atoms with van der Waals surface area (Å²) in [6.45, 7) is 0.262. The highest BCUT2D eigenvalue weighted by Crippen LogP contribution is 2.29. The Morgan fingerprint density at radius 1 is 1.52 bits per heavy atom. The van der Waals surface area contributed by atoms with Crippen molar-refractivity contribution < 1.29 is 24.0 Å². The first-order chi connectivity index (χ1) is 9.88. The second-order valence-corrected chi connectivity index (χ2v) is 4.60. The van der Waals surface area contributed by atoms with E-state index in [4.69, 9.17) is 5.11 Å². The number of nitro benzene ring substituents is 1. The van der Waals surface area contributed by atoms with Crippen LogP contribution < -0.4 is 10.6 Å². The summed E-state index contributed by atoms with van der Waals surface area (Å²) in [5.41, 5.74) is -1.39. The molecule has 0 radical (unpaired) electrons. The molecule has 1 aliphatic heterocycles. The summed E-state index contributed by atoms with van der Waals surface area (Å²) in [6, 6.07) is 1.19. The molecule has 1 unspecified atom stereocenters. The molecule has 112 valence electrons. The number of rotatable bonds is 4. The largest absolute Gasteiger partial charge is 0.478 e. The highest BCUT2D eigenvalue weighted by atomic mass is 19.1. The van der Waals surface area contributed by atoms with Gasteiger partial charge in [0.15, 0.2) is 0 Å². The molecule has 0 aliphatic carbocycles. The van der Waals surface area contributed by atoms with Crippen LogP contribution in [0.2, 0.25) is 0 Å². The van der Waals surface area contributed by atoms with Gasteiger partial charge in [-0.1, -0.05) is 0 Å². The molecule has 0 aromatic heterocycles. The number of nitrogens with zero attached hydrogens (tertiary/aromatic N) is 1. The number of carbonyl (C=O) groups is 2. The third kappa shape index (κ3) is 3.25. The number of halogens is 1. The topological polar surface area (TPSA) is 122 Å². The summed E-state index contributed by atoms with van der Waals surface area (Å²) in [5, 5.41) is 25.1. The summed E-state index contributed by atoms with van der Waals surface area (Å²) in [7, 11) is 0. The predicted molar refractivity (Wildman–Crippen MR) is 69.7 cm³/mol. The Labute approximate surface area is 118 Å². The molecule has 1 saturated heterocycles. The van der Waals surface area contributed by atoms with Gasteiger partial charge in [0.2, 0.25) is 5.91 Å². The van der Waals surface area contributed by atoms with Crippen LogP contribution in [0.25, 0.3) is 0 Å². The number of hydrogen-bond donors (Lipinski definition) is 3. The zero-order chi connectivity index (χ0) is 15.6. The van der Waals surface area contributed by atoms with Gasteiger partial charge in [-0.3, -0.25) is 14.9 Å². The smallest absolute Gasteiger partial charge is 0.338 e. The van der Waals surface area contributed by atoms with Crippen LogP contribution >= 0.6 is 0 Å². The number of nitrogens with one attached hydrogen (secondary N) is 2. The van der Waals surface area contributed by atoms with E-state index in [0.717, 1.165) is 6.07 Å². The van der Waals surface area contributed by atoms with Gasteiger partial charge < -0.3 is 15.7 Å². The second-order valence-electron chi connectivity index (χ2n) is 4.60. The van der Waals surface area contributed by atoms with E-state index < -0.39 is 28.0 Å². The lowest BCUT2D eigenvalue weighted by Crippen LogP contribution is -2.42. The fraction of sp³-hybridized carbons (Fsp3) is 0.333. The van der Waals surface area contributed by atoms with Gasteiger partial charge >= 0.3 is 5.97 Å². The van der Waals surface area contributed by atoms with E-state index in [0.29, 0.717) is 12.5 Å². The summed E-state index contributed by atoms with van der Waals surface area (Å²) < 4.78 is 13.6. The number of benzene rings is 1. The van der Waals surface area contributed by atoms with Crippen LogP contribution in [0.5, 0.6) is 0 Å². The van der Waals surface area contributed by atoms with Crippen molar-refractivity contribution in [3.8, 4) is 0 Å². The minimum absolute atomic E-state index is 0.108. The zero-order valence-electron chi connectivity index (χ0n) is 10.8. The van der Waals surface area contributed by atoms with Gasteiger partial charge in [0.05, 0.1) is 4.92 Å². The van der Waals surface area contributed by atoms with E-state index in [1.807, 2.05) is 0 Å². The first-order valence-electron chi connectivity index (χ1n) is 6.13. The van der Waals surface area contributed by atoms with Crippen molar-refractivity contribution in [3.05, 3.63) is 33.6 Å². The molecule has 1 aliphatic rings. The molecule has 1 atom stereocenters. The van der Waals surface area contributed by atoms with E-state index >= 15 is 0 Å². The maximum atomic E-state index is 13.6.